The maximum absolute atomic E-state index is 11.4. The van der Waals surface area contributed by atoms with Crippen molar-refractivity contribution in [2.24, 2.45) is 0 Å². The smallest absolute Gasteiger partial charge is 0.303 e. The van der Waals surface area contributed by atoms with Gasteiger partial charge in [0.1, 0.15) is 11.6 Å². The Morgan fingerprint density at radius 3 is 1.21 bits per heavy atom. The van der Waals surface area contributed by atoms with E-state index in [0.29, 0.717) is 25.7 Å². The average molecular weight is 272 g/mol. The van der Waals surface area contributed by atoms with Gasteiger partial charge < -0.3 is 10.2 Å². The van der Waals surface area contributed by atoms with Crippen molar-refractivity contribution in [2.75, 3.05) is 0 Å². The van der Waals surface area contributed by atoms with Gasteiger partial charge in [0.15, 0.2) is 0 Å². The van der Waals surface area contributed by atoms with E-state index in [1.54, 1.807) is 0 Å². The van der Waals surface area contributed by atoms with Crippen molar-refractivity contribution in [1.82, 2.24) is 0 Å². The molecule has 19 heavy (non-hydrogen) atoms. The highest BCUT2D eigenvalue weighted by molar-refractivity contribution is 5.98. The standard InChI is InChI=1S/C13H20O6/c14-10(5-1-3-7-12(16)17)9-11(15)6-2-4-8-13(18)19/h1-9H2,(H,16,17)(H,18,19). The second kappa shape index (κ2) is 10.2. The maximum atomic E-state index is 11.4. The number of hydrogen-bond acceptors (Lipinski definition) is 4. The number of carbonyl (C=O) groups is 4. The monoisotopic (exact) mass is 272 g/mol. The Hall–Kier alpha value is -1.72. The third kappa shape index (κ3) is 12.5. The summed E-state index contributed by atoms with van der Waals surface area (Å²) in [6, 6.07) is 0. The van der Waals surface area contributed by atoms with E-state index in [1.165, 1.54) is 0 Å². The van der Waals surface area contributed by atoms with Crippen LogP contribution >= 0.6 is 0 Å². The van der Waals surface area contributed by atoms with E-state index in [0.717, 1.165) is 0 Å². The van der Waals surface area contributed by atoms with Crippen molar-refractivity contribution in [3.8, 4) is 0 Å². The summed E-state index contributed by atoms with van der Waals surface area (Å²) in [6.45, 7) is 0. The average Bonchev–Trinajstić information content (AvgIpc) is 2.30. The molecule has 0 fully saturated rings. The highest BCUT2D eigenvalue weighted by Gasteiger charge is 2.10. The predicted molar refractivity (Wildman–Crippen MR) is 66.8 cm³/mol. The largest absolute Gasteiger partial charge is 0.481 e. The number of hydrogen-bond donors (Lipinski definition) is 2. The van der Waals surface area contributed by atoms with Gasteiger partial charge in [-0.25, -0.2) is 0 Å². The summed E-state index contributed by atoms with van der Waals surface area (Å²) < 4.78 is 0. The Kier molecular flexibility index (Phi) is 9.30. The van der Waals surface area contributed by atoms with Crippen LogP contribution in [0.1, 0.15) is 57.8 Å². The number of carbonyl (C=O) groups excluding carboxylic acids is 2. The zero-order valence-corrected chi connectivity index (χ0v) is 10.9. The highest BCUT2D eigenvalue weighted by atomic mass is 16.4. The Morgan fingerprint density at radius 2 is 0.895 bits per heavy atom. The van der Waals surface area contributed by atoms with Crippen LogP contribution in [0.2, 0.25) is 0 Å². The summed E-state index contributed by atoms with van der Waals surface area (Å²) in [5.41, 5.74) is 0. The molecule has 0 heterocycles. The normalized spacial score (nSPS) is 10.1. The van der Waals surface area contributed by atoms with E-state index >= 15 is 0 Å². The highest BCUT2D eigenvalue weighted by Crippen LogP contribution is 2.06. The van der Waals surface area contributed by atoms with E-state index in [2.05, 4.69) is 0 Å². The molecule has 6 nitrogen and oxygen atoms in total. The fraction of sp³-hybridized carbons (Fsp3) is 0.692. The first kappa shape index (κ1) is 17.3. The third-order valence-corrected chi connectivity index (χ3v) is 2.59. The molecule has 0 aliphatic rings. The Balaban J connectivity index is 3.55. The summed E-state index contributed by atoms with van der Waals surface area (Å²) in [5.74, 6) is -2.12. The van der Waals surface area contributed by atoms with Crippen LogP contribution in [0.15, 0.2) is 0 Å². The van der Waals surface area contributed by atoms with Crippen LogP contribution in [-0.2, 0) is 19.2 Å². The number of aliphatic carboxylic acids is 2. The van der Waals surface area contributed by atoms with Crippen LogP contribution in [-0.4, -0.2) is 33.7 Å². The van der Waals surface area contributed by atoms with Crippen LogP contribution < -0.4 is 0 Å². The summed E-state index contributed by atoms with van der Waals surface area (Å²) in [4.78, 5) is 43.2. The molecule has 0 saturated carbocycles. The van der Waals surface area contributed by atoms with E-state index in [-0.39, 0.29) is 43.7 Å². The molecule has 0 atom stereocenters. The number of unbranched alkanes of at least 4 members (excludes halogenated alkanes) is 2. The Morgan fingerprint density at radius 1 is 0.579 bits per heavy atom. The molecule has 0 saturated heterocycles. The molecule has 0 bridgehead atoms. The van der Waals surface area contributed by atoms with Crippen LogP contribution in [0.3, 0.4) is 0 Å². The van der Waals surface area contributed by atoms with Gasteiger partial charge in [0.25, 0.3) is 0 Å². The summed E-state index contributed by atoms with van der Waals surface area (Å²) in [5, 5.41) is 16.8. The number of Topliss-reactive ketones (excluding diaryl/α,β-unsaturated/α-hetero) is 2. The first-order chi connectivity index (χ1) is 8.91. The van der Waals surface area contributed by atoms with Crippen molar-refractivity contribution in [3.63, 3.8) is 0 Å². The summed E-state index contributed by atoms with van der Waals surface area (Å²) in [6.07, 6.45) is 2.26. The Labute approximate surface area is 111 Å². The van der Waals surface area contributed by atoms with Crippen molar-refractivity contribution >= 4 is 23.5 Å². The van der Waals surface area contributed by atoms with Gasteiger partial charge in [0, 0.05) is 25.7 Å². The second-order valence-electron chi connectivity index (χ2n) is 4.46. The minimum absolute atomic E-state index is 0.0381. The van der Waals surface area contributed by atoms with E-state index < -0.39 is 11.9 Å². The van der Waals surface area contributed by atoms with Crippen LogP contribution in [0, 0.1) is 0 Å². The van der Waals surface area contributed by atoms with Gasteiger partial charge in [-0.05, 0) is 25.7 Å². The topological polar surface area (TPSA) is 109 Å². The zero-order valence-electron chi connectivity index (χ0n) is 10.9. The maximum Gasteiger partial charge on any atom is 0.303 e. The predicted octanol–water partition coefficient (Wildman–Crippen LogP) is 1.80. The van der Waals surface area contributed by atoms with Gasteiger partial charge in [-0.1, -0.05) is 0 Å². The molecule has 108 valence electrons. The van der Waals surface area contributed by atoms with E-state index in [9.17, 15) is 19.2 Å². The van der Waals surface area contributed by atoms with Crippen molar-refractivity contribution < 1.29 is 29.4 Å². The van der Waals surface area contributed by atoms with Gasteiger partial charge in [-0.2, -0.15) is 0 Å². The number of rotatable bonds is 12. The molecule has 0 unspecified atom stereocenters. The number of carboxylic acids is 2. The lowest BCUT2D eigenvalue weighted by molar-refractivity contribution is -0.138. The quantitative estimate of drug-likeness (QED) is 0.414. The molecule has 0 aliphatic heterocycles. The minimum Gasteiger partial charge on any atom is -0.481 e. The van der Waals surface area contributed by atoms with E-state index in [1.807, 2.05) is 0 Å². The molecule has 0 radical (unpaired) electrons. The fourth-order valence-corrected chi connectivity index (χ4v) is 1.59. The lowest BCUT2D eigenvalue weighted by Crippen LogP contribution is -2.08. The van der Waals surface area contributed by atoms with Crippen molar-refractivity contribution in [2.45, 2.75) is 57.8 Å². The minimum atomic E-state index is -0.887. The molecule has 0 aromatic carbocycles. The molecule has 0 aromatic heterocycles. The SMILES string of the molecule is O=C(O)CCCCC(=O)CC(=O)CCCCC(=O)O. The number of carboxylic acid groups (broad SMARTS) is 2. The van der Waals surface area contributed by atoms with Gasteiger partial charge >= 0.3 is 11.9 Å². The van der Waals surface area contributed by atoms with E-state index in [4.69, 9.17) is 10.2 Å². The molecular formula is C13H20O6. The first-order valence-corrected chi connectivity index (χ1v) is 6.39. The second-order valence-corrected chi connectivity index (χ2v) is 4.46. The van der Waals surface area contributed by atoms with Crippen LogP contribution in [0.25, 0.3) is 0 Å². The molecular weight excluding hydrogens is 252 g/mol. The fourth-order valence-electron chi connectivity index (χ4n) is 1.59. The molecule has 0 aliphatic carbocycles. The zero-order chi connectivity index (χ0) is 14.7. The lowest BCUT2D eigenvalue weighted by Gasteiger charge is -2.00. The van der Waals surface area contributed by atoms with Gasteiger partial charge in [-0.15, -0.1) is 0 Å². The summed E-state index contributed by atoms with van der Waals surface area (Å²) in [7, 11) is 0. The van der Waals surface area contributed by atoms with Crippen LogP contribution in [0.5, 0.6) is 0 Å². The van der Waals surface area contributed by atoms with Gasteiger partial charge in [-0.3, -0.25) is 19.2 Å². The van der Waals surface area contributed by atoms with Crippen LogP contribution in [0.4, 0.5) is 0 Å². The molecule has 6 heteroatoms. The van der Waals surface area contributed by atoms with Crippen molar-refractivity contribution in [1.29, 1.82) is 0 Å². The third-order valence-electron chi connectivity index (χ3n) is 2.59. The Bertz CT molecular complexity index is 302. The number of ketones is 2. The molecule has 0 spiro atoms. The first-order valence-electron chi connectivity index (χ1n) is 6.39. The molecule has 0 amide bonds. The lowest BCUT2D eigenvalue weighted by atomic mass is 10.0. The van der Waals surface area contributed by atoms with Crippen molar-refractivity contribution in [3.05, 3.63) is 0 Å². The van der Waals surface area contributed by atoms with Gasteiger partial charge in [0.2, 0.25) is 0 Å². The summed E-state index contributed by atoms with van der Waals surface area (Å²) >= 11 is 0. The molecule has 2 N–H and O–H groups in total. The molecule has 0 aromatic rings. The molecule has 0 rings (SSSR count). The van der Waals surface area contributed by atoms with Gasteiger partial charge in [0.05, 0.1) is 6.42 Å².